The van der Waals surface area contributed by atoms with Crippen LogP contribution in [0, 0.1) is 0 Å². The molecule has 1 aromatic rings. The van der Waals surface area contributed by atoms with Crippen molar-refractivity contribution >= 4 is 35.1 Å². The first-order chi connectivity index (χ1) is 18.4. The highest BCUT2D eigenvalue weighted by molar-refractivity contribution is 7.99. The van der Waals surface area contributed by atoms with Gasteiger partial charge in [0.2, 0.25) is 0 Å². The van der Waals surface area contributed by atoms with Crippen LogP contribution in [0.5, 0.6) is 0 Å². The van der Waals surface area contributed by atoms with E-state index in [0.717, 1.165) is 49.5 Å². The van der Waals surface area contributed by atoms with E-state index in [0.29, 0.717) is 18.2 Å². The summed E-state index contributed by atoms with van der Waals surface area (Å²) < 4.78 is 102. The van der Waals surface area contributed by atoms with Crippen LogP contribution in [0.4, 0.5) is 51.3 Å². The predicted octanol–water partition coefficient (Wildman–Crippen LogP) is 8.28. The van der Waals surface area contributed by atoms with E-state index in [4.69, 9.17) is 5.73 Å². The Morgan fingerprint density at radius 1 is 0.825 bits per heavy atom. The lowest BCUT2D eigenvalue weighted by Crippen LogP contribution is -2.44. The Morgan fingerprint density at radius 3 is 1.95 bits per heavy atom. The second-order valence-electron chi connectivity index (χ2n) is 10.3. The molecular weight excluding hydrogens is 570 g/mol. The summed E-state index contributed by atoms with van der Waals surface area (Å²) in [4.78, 5) is 28.1. The molecule has 1 fully saturated rings. The number of benzene rings is 1. The van der Waals surface area contributed by atoms with E-state index in [2.05, 4.69) is 0 Å². The molecule has 3 amide bonds. The molecule has 0 aliphatic carbocycles. The van der Waals surface area contributed by atoms with Crippen LogP contribution in [0.3, 0.4) is 0 Å². The summed E-state index contributed by atoms with van der Waals surface area (Å²) in [5, 5.41) is 0. The van der Waals surface area contributed by atoms with Gasteiger partial charge in [-0.1, -0.05) is 32.1 Å². The van der Waals surface area contributed by atoms with Crippen molar-refractivity contribution in [3.8, 4) is 0 Å². The first-order valence-electron chi connectivity index (χ1n) is 13.1. The first kappa shape index (κ1) is 34.0. The van der Waals surface area contributed by atoms with Crippen LogP contribution in [-0.4, -0.2) is 52.5 Å². The van der Waals surface area contributed by atoms with Gasteiger partial charge in [0.1, 0.15) is 5.54 Å². The highest BCUT2D eigenvalue weighted by Gasteiger charge is 2.56. The lowest BCUT2D eigenvalue weighted by Gasteiger charge is -2.27. The fourth-order valence-electron chi connectivity index (χ4n) is 4.37. The van der Waals surface area contributed by atoms with E-state index in [1.54, 1.807) is 13.8 Å². The van der Waals surface area contributed by atoms with E-state index >= 15 is 0 Å². The van der Waals surface area contributed by atoms with Crippen LogP contribution in [0.15, 0.2) is 18.2 Å². The number of rotatable bonds is 15. The predicted molar refractivity (Wildman–Crippen MR) is 139 cm³/mol. The van der Waals surface area contributed by atoms with E-state index < -0.39 is 53.4 Å². The van der Waals surface area contributed by atoms with Crippen molar-refractivity contribution < 1.29 is 44.7 Å². The number of urea groups is 1. The molecule has 0 unspecified atom stereocenters. The molecular formula is C26H35F8N3O2S. The number of hydrogen-bond acceptors (Lipinski definition) is 4. The lowest BCUT2D eigenvalue weighted by molar-refractivity contribution is -0.284. The molecule has 0 spiro atoms. The molecule has 1 aromatic carbocycles. The Kier molecular flexibility index (Phi) is 11.6. The summed E-state index contributed by atoms with van der Waals surface area (Å²) in [5.74, 6) is -4.33. The van der Waals surface area contributed by atoms with Crippen molar-refractivity contribution in [2.45, 2.75) is 95.4 Å². The topological polar surface area (TPSA) is 66.6 Å². The fourth-order valence-corrected chi connectivity index (χ4v) is 5.33. The molecule has 0 bridgehead atoms. The Bertz CT molecular complexity index is 1010. The molecule has 228 valence electrons. The van der Waals surface area contributed by atoms with Gasteiger partial charge in [0.15, 0.2) is 0 Å². The van der Waals surface area contributed by atoms with Gasteiger partial charge < -0.3 is 10.6 Å². The number of unbranched alkanes of at least 4 members (excludes halogenated alkanes) is 6. The summed E-state index contributed by atoms with van der Waals surface area (Å²) in [6, 6.07) is 2.25. The second kappa shape index (κ2) is 13.6. The van der Waals surface area contributed by atoms with E-state index in [-0.39, 0.29) is 24.4 Å². The first-order valence-corrected chi connectivity index (χ1v) is 14.2. The van der Waals surface area contributed by atoms with Gasteiger partial charge in [0.25, 0.3) is 5.91 Å². The smallest absolute Gasteiger partial charge is 0.398 e. The van der Waals surface area contributed by atoms with Crippen LogP contribution in [0.2, 0.25) is 0 Å². The van der Waals surface area contributed by atoms with Gasteiger partial charge in [0, 0.05) is 18.7 Å². The third-order valence-corrected chi connectivity index (χ3v) is 7.94. The maximum atomic E-state index is 13.3. The molecule has 14 heteroatoms. The minimum atomic E-state index is -5.50. The van der Waals surface area contributed by atoms with Crippen LogP contribution in [0.25, 0.3) is 0 Å². The molecule has 1 saturated heterocycles. The highest BCUT2D eigenvalue weighted by Crippen LogP contribution is 2.40. The minimum absolute atomic E-state index is 0.190. The third-order valence-electron chi connectivity index (χ3n) is 6.79. The van der Waals surface area contributed by atoms with Gasteiger partial charge in [0.05, 0.1) is 11.3 Å². The summed E-state index contributed by atoms with van der Waals surface area (Å²) in [6.45, 7) is 3.36. The summed E-state index contributed by atoms with van der Waals surface area (Å²) in [7, 11) is 0. The van der Waals surface area contributed by atoms with Crippen LogP contribution < -0.4 is 10.6 Å². The molecule has 0 saturated carbocycles. The number of nitrogens with two attached hydrogens (primary N) is 1. The molecule has 2 N–H and O–H groups in total. The standard InChI is InChI=1S/C26H35F8N3O2S/c1-23(2)21(38)37(18-11-12-20(35)19(17-18)25(29,30)31)22(39)36(23)14-8-6-4-3-5-7-9-15-40-16-10-13-24(27,28)26(32,33)34/h11-12,17H,3-10,13-16,35H2,1-2H3. The van der Waals surface area contributed by atoms with Crippen LogP contribution in [-0.2, 0) is 11.0 Å². The second-order valence-corrected chi connectivity index (χ2v) is 11.5. The zero-order chi connectivity index (χ0) is 30.4. The maximum Gasteiger partial charge on any atom is 0.453 e. The zero-order valence-electron chi connectivity index (χ0n) is 22.4. The number of imide groups is 1. The Labute approximate surface area is 232 Å². The number of alkyl halides is 8. The van der Waals surface area contributed by atoms with Gasteiger partial charge in [-0.2, -0.15) is 46.9 Å². The van der Waals surface area contributed by atoms with E-state index in [1.165, 1.54) is 22.7 Å². The monoisotopic (exact) mass is 605 g/mol. The lowest BCUT2D eigenvalue weighted by atomic mass is 10.0. The molecule has 0 atom stereocenters. The van der Waals surface area contributed by atoms with Gasteiger partial charge in [-0.05, 0) is 62.8 Å². The van der Waals surface area contributed by atoms with Crippen molar-refractivity contribution in [3.63, 3.8) is 0 Å². The summed E-state index contributed by atoms with van der Waals surface area (Å²) in [6.07, 6.45) is -5.83. The molecule has 5 nitrogen and oxygen atoms in total. The number of carbonyl (C=O) groups is 2. The zero-order valence-corrected chi connectivity index (χ0v) is 23.3. The normalized spacial score (nSPS) is 16.4. The summed E-state index contributed by atoms with van der Waals surface area (Å²) >= 11 is 1.36. The SMILES string of the molecule is CC1(C)C(=O)N(c2ccc(N)c(C(F)(F)F)c2)C(=O)N1CCCCCCCCCSCCCC(F)(F)C(F)(F)F. The number of halogens is 8. The average Bonchev–Trinajstić information content (AvgIpc) is 2.99. The van der Waals surface area contributed by atoms with Crippen molar-refractivity contribution in [2.24, 2.45) is 0 Å². The van der Waals surface area contributed by atoms with E-state index in [1.807, 2.05) is 0 Å². The van der Waals surface area contributed by atoms with Gasteiger partial charge in [-0.15, -0.1) is 0 Å². The maximum absolute atomic E-state index is 13.3. The molecule has 2 rings (SSSR count). The van der Waals surface area contributed by atoms with Gasteiger partial charge >= 0.3 is 24.3 Å². The number of thioether (sulfide) groups is 1. The fraction of sp³-hybridized carbons (Fsp3) is 0.692. The number of nitrogens with zero attached hydrogens (tertiary/aromatic N) is 2. The largest absolute Gasteiger partial charge is 0.453 e. The number of anilines is 2. The summed E-state index contributed by atoms with van der Waals surface area (Å²) in [5.41, 5.74) is 2.39. The minimum Gasteiger partial charge on any atom is -0.398 e. The number of hydrogen-bond donors (Lipinski definition) is 1. The molecule has 1 aliphatic rings. The molecule has 40 heavy (non-hydrogen) atoms. The average molecular weight is 606 g/mol. The molecule has 0 radical (unpaired) electrons. The van der Waals surface area contributed by atoms with Gasteiger partial charge in [-0.3, -0.25) is 4.79 Å². The van der Waals surface area contributed by atoms with Crippen molar-refractivity contribution in [2.75, 3.05) is 28.7 Å². The molecule has 0 aromatic heterocycles. The van der Waals surface area contributed by atoms with Crippen molar-refractivity contribution in [3.05, 3.63) is 23.8 Å². The van der Waals surface area contributed by atoms with Gasteiger partial charge in [-0.25, -0.2) is 9.69 Å². The third kappa shape index (κ3) is 8.62. The Morgan fingerprint density at radius 2 is 1.38 bits per heavy atom. The quantitative estimate of drug-likeness (QED) is 0.0946. The van der Waals surface area contributed by atoms with Crippen LogP contribution >= 0.6 is 11.8 Å². The molecule has 1 heterocycles. The number of amides is 3. The number of nitrogen functional groups attached to an aromatic ring is 1. The van der Waals surface area contributed by atoms with Crippen molar-refractivity contribution in [1.29, 1.82) is 0 Å². The Hall–Kier alpha value is -2.25. The van der Waals surface area contributed by atoms with Crippen LogP contribution in [0.1, 0.15) is 77.2 Å². The number of carbonyl (C=O) groups excluding carboxylic acids is 2. The van der Waals surface area contributed by atoms with Crippen molar-refractivity contribution in [1.82, 2.24) is 4.90 Å². The Balaban J connectivity index is 1.68. The highest BCUT2D eigenvalue weighted by atomic mass is 32.2. The molecule has 1 aliphatic heterocycles. The van der Waals surface area contributed by atoms with E-state index in [9.17, 15) is 44.7 Å².